The zero-order chi connectivity index (χ0) is 60.0. The molecule has 0 aromatic heterocycles. The summed E-state index contributed by atoms with van der Waals surface area (Å²) in [7, 11) is 0. The van der Waals surface area contributed by atoms with Crippen LogP contribution in [0, 0.1) is 49.7 Å². The Morgan fingerprint density at radius 1 is 0.316 bits per heavy atom. The Hall–Kier alpha value is -1.30. The van der Waals surface area contributed by atoms with Gasteiger partial charge in [-0.05, 0) is 143 Å². The van der Waals surface area contributed by atoms with Crippen LogP contribution < -0.4 is 0 Å². The molecular weight excluding hydrogens is 953 g/mol. The molecule has 0 aliphatic heterocycles. The van der Waals surface area contributed by atoms with Gasteiger partial charge in [0.15, 0.2) is 0 Å². The maximum atomic E-state index is 11.9. The summed E-state index contributed by atoms with van der Waals surface area (Å²) >= 11 is 0. The average molecular weight is 1090 g/mol. The first-order chi connectivity index (χ1) is 35.7. The van der Waals surface area contributed by atoms with Crippen LogP contribution in [0.15, 0.2) is 0 Å². The first-order valence-corrected chi connectivity index (χ1v) is 31.5. The van der Waals surface area contributed by atoms with Crippen LogP contribution in [-0.4, -0.2) is 78.8 Å². The van der Waals surface area contributed by atoms with Crippen LogP contribution in [0.1, 0.15) is 302 Å². The van der Waals surface area contributed by atoms with E-state index < -0.39 is 10.8 Å². The van der Waals surface area contributed by atoms with Gasteiger partial charge in [-0.3, -0.25) is 9.59 Å². The van der Waals surface area contributed by atoms with Gasteiger partial charge in [-0.1, -0.05) is 198 Å². The van der Waals surface area contributed by atoms with Crippen molar-refractivity contribution >= 4 is 11.9 Å². The predicted molar refractivity (Wildman–Crippen MR) is 327 cm³/mol. The fraction of sp³-hybridized carbons (Fsp3) is 0.970. The van der Waals surface area contributed by atoms with Gasteiger partial charge in [-0.15, -0.1) is 0 Å². The Labute approximate surface area is 476 Å². The molecule has 0 amide bonds. The maximum absolute atomic E-state index is 11.9. The van der Waals surface area contributed by atoms with E-state index in [2.05, 4.69) is 138 Å². The van der Waals surface area contributed by atoms with E-state index in [4.69, 9.17) is 37.9 Å². The Morgan fingerprint density at radius 2 is 0.579 bits per heavy atom. The zero-order valence-electron chi connectivity index (χ0n) is 56.2. The topological polar surface area (TPSA) is 108 Å². The molecule has 0 spiro atoms. The van der Waals surface area contributed by atoms with Crippen molar-refractivity contribution in [2.45, 2.75) is 302 Å². The minimum absolute atomic E-state index is 0.289. The van der Waals surface area contributed by atoms with Crippen LogP contribution in [0.5, 0.6) is 0 Å². The highest BCUT2D eigenvalue weighted by molar-refractivity contribution is 5.77. The van der Waals surface area contributed by atoms with E-state index in [0.29, 0.717) is 85.0 Å². The second-order valence-electron chi connectivity index (χ2n) is 24.0. The monoisotopic (exact) mass is 1090 g/mol. The van der Waals surface area contributed by atoms with Gasteiger partial charge in [-0.25, -0.2) is 0 Å². The third-order valence-electron chi connectivity index (χ3n) is 19.2. The largest absolute Gasteiger partial charge is 0.427 e. The number of hydrogen-bond donors (Lipinski definition) is 0. The smallest absolute Gasteiger partial charge is 0.314 e. The second kappa shape index (κ2) is 48.4. The molecule has 0 aromatic carbocycles. The molecule has 0 bridgehead atoms. The fourth-order valence-electron chi connectivity index (χ4n) is 8.00. The number of carbonyl (C=O) groups is 2. The van der Waals surface area contributed by atoms with Crippen molar-refractivity contribution in [2.24, 2.45) is 49.7 Å². The summed E-state index contributed by atoms with van der Waals surface area (Å²) in [6.45, 7) is 62.2. The van der Waals surface area contributed by atoms with E-state index in [1.54, 1.807) is 0 Å². The summed E-state index contributed by atoms with van der Waals surface area (Å²) in [6, 6.07) is 0. The normalized spacial score (nSPS) is 12.8. The van der Waals surface area contributed by atoms with Crippen molar-refractivity contribution in [3.8, 4) is 0 Å². The van der Waals surface area contributed by atoms with E-state index in [9.17, 15) is 9.59 Å². The Kier molecular flexibility index (Phi) is 53.2. The third-order valence-corrected chi connectivity index (χ3v) is 19.2. The molecule has 10 heteroatoms. The number of hydrogen-bond acceptors (Lipinski definition) is 10. The lowest BCUT2D eigenvalue weighted by molar-refractivity contribution is -0.180. The molecule has 0 N–H and O–H groups in total. The molecule has 76 heavy (non-hydrogen) atoms. The first kappa shape index (κ1) is 83.5. The van der Waals surface area contributed by atoms with Crippen molar-refractivity contribution in [3.63, 3.8) is 0 Å². The SMILES string of the molecule is CCC(C)(CC)C(=O)OCOC(=O)C(C)(CC)CC.CCC(C)(CC)COCOCC(C)(CC)CC.CCC(C)COCOCC(C)C.CCC(CC)(CC)CC.CCC(CC)(CC)COCOCC(CC)(CC)CC. The van der Waals surface area contributed by atoms with Crippen LogP contribution >= 0.6 is 0 Å². The lowest BCUT2D eigenvalue weighted by atomic mass is 9.78. The molecule has 10 nitrogen and oxygen atoms in total. The zero-order valence-corrected chi connectivity index (χ0v) is 56.2. The highest BCUT2D eigenvalue weighted by Gasteiger charge is 2.34. The lowest BCUT2D eigenvalue weighted by Gasteiger charge is -2.32. The quantitative estimate of drug-likeness (QED) is 0.0334. The molecule has 0 fully saturated rings. The molecule has 0 saturated heterocycles. The maximum Gasteiger partial charge on any atom is 0.314 e. The van der Waals surface area contributed by atoms with E-state index in [1.807, 2.05) is 41.5 Å². The molecule has 462 valence electrons. The lowest BCUT2D eigenvalue weighted by Crippen LogP contribution is -2.32. The molecule has 0 radical (unpaired) electrons. The molecule has 1 atom stereocenters. The number of rotatable bonds is 41. The van der Waals surface area contributed by atoms with Gasteiger partial charge >= 0.3 is 11.9 Å². The highest BCUT2D eigenvalue weighted by Crippen LogP contribution is 2.35. The van der Waals surface area contributed by atoms with Gasteiger partial charge in [0.1, 0.15) is 20.4 Å². The summed E-state index contributed by atoms with van der Waals surface area (Å²) in [5.41, 5.74) is 0.988. The number of esters is 2. The molecule has 1 unspecified atom stereocenters. The molecule has 0 saturated carbocycles. The minimum atomic E-state index is -0.495. The van der Waals surface area contributed by atoms with Crippen LogP contribution in [0.2, 0.25) is 0 Å². The molecular formula is C66H138O10. The van der Waals surface area contributed by atoms with E-state index in [0.717, 1.165) is 65.3 Å². The van der Waals surface area contributed by atoms with Crippen molar-refractivity contribution in [1.82, 2.24) is 0 Å². The molecule has 0 aromatic rings. The molecule has 0 aliphatic rings. The van der Waals surface area contributed by atoms with E-state index in [-0.39, 0.29) is 18.7 Å². The minimum Gasteiger partial charge on any atom is -0.427 e. The van der Waals surface area contributed by atoms with Gasteiger partial charge in [0, 0.05) is 0 Å². The Bertz CT molecular complexity index is 1170. The summed E-state index contributed by atoms with van der Waals surface area (Å²) < 4.78 is 43.5. The van der Waals surface area contributed by atoms with Crippen LogP contribution in [0.25, 0.3) is 0 Å². The van der Waals surface area contributed by atoms with E-state index in [1.165, 1.54) is 70.6 Å². The third kappa shape index (κ3) is 36.9. The van der Waals surface area contributed by atoms with Crippen molar-refractivity contribution in [1.29, 1.82) is 0 Å². The van der Waals surface area contributed by atoms with E-state index >= 15 is 0 Å². The standard InChI is InChI=1S/C17H36O2.C15H28O4.C15H32O2.C10H22O2.C9H20/c1-7-16(8-2,9-3)13-18-15-19-14-17(10-4,11-5)12-6;1-7-14(5,8-2)12(16)18-11-19-13(17)15(6,9-3)10-4;1-7-14(5,8-2)11-16-13-17-12-15(6,9-3)10-4;1-5-10(4)7-12-8-11-6-9(2)3;1-5-9(6-2,7-3)8-4/h7-15H2,1-6H3;7-11H2,1-6H3;7-13H2,1-6H3;9-10H,5-8H2,1-4H3;5-8H2,1-4H3. The Morgan fingerprint density at radius 3 is 0.803 bits per heavy atom. The fourth-order valence-corrected chi connectivity index (χ4v) is 8.00. The van der Waals surface area contributed by atoms with Gasteiger partial charge in [0.05, 0.1) is 50.5 Å². The second-order valence-corrected chi connectivity index (χ2v) is 24.0. The van der Waals surface area contributed by atoms with Gasteiger partial charge in [0.2, 0.25) is 6.79 Å². The van der Waals surface area contributed by atoms with Gasteiger partial charge in [-0.2, -0.15) is 0 Å². The molecule has 0 rings (SSSR count). The summed E-state index contributed by atoms with van der Waals surface area (Å²) in [5.74, 6) is 0.629. The average Bonchev–Trinajstić information content (AvgIpc) is 3.45. The summed E-state index contributed by atoms with van der Waals surface area (Å²) in [4.78, 5) is 23.8. The highest BCUT2D eigenvalue weighted by atomic mass is 16.7. The summed E-state index contributed by atoms with van der Waals surface area (Å²) in [5, 5.41) is 0. The first-order valence-electron chi connectivity index (χ1n) is 31.5. The summed E-state index contributed by atoms with van der Waals surface area (Å²) in [6.07, 6.45) is 21.1. The molecule has 0 heterocycles. The van der Waals surface area contributed by atoms with Crippen LogP contribution in [0.4, 0.5) is 0 Å². The van der Waals surface area contributed by atoms with Crippen LogP contribution in [0.3, 0.4) is 0 Å². The number of ether oxygens (including phenoxy) is 8. The van der Waals surface area contributed by atoms with Crippen molar-refractivity contribution < 1.29 is 47.5 Å². The van der Waals surface area contributed by atoms with Crippen molar-refractivity contribution in [3.05, 3.63) is 0 Å². The van der Waals surface area contributed by atoms with Crippen LogP contribution in [-0.2, 0) is 47.5 Å². The predicted octanol–water partition coefficient (Wildman–Crippen LogP) is 20.0. The van der Waals surface area contributed by atoms with Crippen molar-refractivity contribution in [2.75, 3.05) is 66.8 Å². The van der Waals surface area contributed by atoms with Gasteiger partial charge in [0.25, 0.3) is 0 Å². The van der Waals surface area contributed by atoms with Gasteiger partial charge < -0.3 is 37.9 Å². The Balaban J connectivity index is -0.000000283. The molecule has 0 aliphatic carbocycles. The number of carbonyl (C=O) groups excluding carboxylic acids is 2.